The average Bonchev–Trinajstić information content (AvgIpc) is 3.16. The third-order valence-corrected chi connectivity index (χ3v) is 5.42. The first-order valence-electron chi connectivity index (χ1n) is 9.51. The first-order chi connectivity index (χ1) is 13.6. The van der Waals surface area contributed by atoms with Crippen molar-refractivity contribution in [2.45, 2.75) is 44.8 Å². The van der Waals surface area contributed by atoms with Crippen molar-refractivity contribution in [3.05, 3.63) is 54.2 Å². The topological polar surface area (TPSA) is 72.7 Å². The van der Waals surface area contributed by atoms with Crippen LogP contribution in [0.1, 0.15) is 32.8 Å². The van der Waals surface area contributed by atoms with E-state index >= 15 is 0 Å². The Kier molecular flexibility index (Phi) is 6.81. The molecule has 1 amide bonds. The minimum Gasteiger partial charge on any atom is -0.353 e. The van der Waals surface area contributed by atoms with Gasteiger partial charge in [-0.05, 0) is 43.5 Å². The van der Waals surface area contributed by atoms with Crippen LogP contribution in [0, 0.1) is 0 Å². The number of hydrogen-bond acceptors (Lipinski definition) is 5. The maximum Gasteiger partial charge on any atom is 0.230 e. The lowest BCUT2D eigenvalue weighted by molar-refractivity contribution is -0.119. The quantitative estimate of drug-likeness (QED) is 0.586. The maximum absolute atomic E-state index is 12.2. The van der Waals surface area contributed by atoms with Crippen LogP contribution >= 0.6 is 11.8 Å². The van der Waals surface area contributed by atoms with Gasteiger partial charge in [0.05, 0.1) is 11.4 Å². The van der Waals surface area contributed by atoms with Crippen molar-refractivity contribution in [2.75, 3.05) is 5.75 Å². The van der Waals surface area contributed by atoms with E-state index in [1.807, 2.05) is 41.8 Å². The minimum absolute atomic E-state index is 0.00272. The van der Waals surface area contributed by atoms with Crippen molar-refractivity contribution in [2.24, 2.45) is 0 Å². The van der Waals surface area contributed by atoms with Gasteiger partial charge in [0.15, 0.2) is 11.0 Å². The molecule has 0 fully saturated rings. The predicted molar refractivity (Wildman–Crippen MR) is 113 cm³/mol. The highest BCUT2D eigenvalue weighted by atomic mass is 32.2. The number of carbonyl (C=O) groups is 1. The Hall–Kier alpha value is -2.67. The number of carbonyl (C=O) groups excluding carboxylic acids is 1. The molecule has 1 atom stereocenters. The molecule has 0 radical (unpaired) electrons. The molecule has 0 unspecified atom stereocenters. The van der Waals surface area contributed by atoms with E-state index in [1.165, 1.54) is 17.3 Å². The van der Waals surface area contributed by atoms with E-state index in [2.05, 4.69) is 46.5 Å². The second-order valence-electron chi connectivity index (χ2n) is 6.50. The van der Waals surface area contributed by atoms with E-state index in [1.54, 1.807) is 6.20 Å². The van der Waals surface area contributed by atoms with Crippen LogP contribution in [0.15, 0.2) is 53.8 Å². The highest BCUT2D eigenvalue weighted by molar-refractivity contribution is 7.99. The summed E-state index contributed by atoms with van der Waals surface area (Å²) in [6.07, 6.45) is 3.53. The standard InChI is InChI=1S/C21H25N5OS/c1-4-15(3)23-19(27)14-28-21-25-24-20(17-11-8-9-13-22-17)26(21)18-12-7-6-10-16(18)5-2/h6-13,15H,4-5,14H2,1-3H3,(H,23,27)/t15-/m1/s1. The Balaban J connectivity index is 1.97. The van der Waals surface area contributed by atoms with Gasteiger partial charge in [0.25, 0.3) is 0 Å². The van der Waals surface area contributed by atoms with Gasteiger partial charge in [-0.1, -0.05) is 49.9 Å². The molecule has 0 saturated heterocycles. The van der Waals surface area contributed by atoms with Gasteiger partial charge < -0.3 is 5.32 Å². The van der Waals surface area contributed by atoms with E-state index in [9.17, 15) is 4.79 Å². The van der Waals surface area contributed by atoms with Crippen LogP contribution in [0.2, 0.25) is 0 Å². The van der Waals surface area contributed by atoms with Crippen LogP contribution in [0.5, 0.6) is 0 Å². The van der Waals surface area contributed by atoms with Gasteiger partial charge in [0.1, 0.15) is 5.69 Å². The summed E-state index contributed by atoms with van der Waals surface area (Å²) in [4.78, 5) is 16.7. The Bertz CT molecular complexity index is 926. The van der Waals surface area contributed by atoms with Crippen molar-refractivity contribution < 1.29 is 4.79 Å². The van der Waals surface area contributed by atoms with Crippen molar-refractivity contribution >= 4 is 17.7 Å². The number of nitrogens with zero attached hydrogens (tertiary/aromatic N) is 4. The summed E-state index contributed by atoms with van der Waals surface area (Å²) >= 11 is 1.39. The Morgan fingerprint density at radius 1 is 1.14 bits per heavy atom. The molecule has 0 bridgehead atoms. The van der Waals surface area contributed by atoms with Crippen LogP contribution in [-0.2, 0) is 11.2 Å². The number of pyridine rings is 1. The predicted octanol–water partition coefficient (Wildman–Crippen LogP) is 3.90. The third-order valence-electron chi connectivity index (χ3n) is 4.49. The smallest absolute Gasteiger partial charge is 0.230 e. The van der Waals surface area contributed by atoms with Crippen LogP contribution < -0.4 is 5.32 Å². The fourth-order valence-corrected chi connectivity index (χ4v) is 3.57. The molecular weight excluding hydrogens is 370 g/mol. The first kappa shape index (κ1) is 20.1. The zero-order valence-electron chi connectivity index (χ0n) is 16.4. The lowest BCUT2D eigenvalue weighted by Crippen LogP contribution is -2.33. The number of amides is 1. The number of nitrogens with one attached hydrogen (secondary N) is 1. The normalized spacial score (nSPS) is 12.0. The van der Waals surface area contributed by atoms with E-state index in [-0.39, 0.29) is 11.9 Å². The second-order valence-corrected chi connectivity index (χ2v) is 7.45. The number of aromatic nitrogens is 4. The second kappa shape index (κ2) is 9.50. The number of rotatable bonds is 8. The summed E-state index contributed by atoms with van der Waals surface area (Å²) in [7, 11) is 0. The molecule has 0 saturated carbocycles. The fourth-order valence-electron chi connectivity index (χ4n) is 2.82. The fraction of sp³-hybridized carbons (Fsp3) is 0.333. The highest BCUT2D eigenvalue weighted by Crippen LogP contribution is 2.28. The first-order valence-corrected chi connectivity index (χ1v) is 10.5. The number of hydrogen-bond donors (Lipinski definition) is 1. The summed E-state index contributed by atoms with van der Waals surface area (Å²) in [6, 6.07) is 14.1. The van der Waals surface area contributed by atoms with Crippen LogP contribution in [-0.4, -0.2) is 37.5 Å². The maximum atomic E-state index is 12.2. The summed E-state index contributed by atoms with van der Waals surface area (Å²) in [5, 5.41) is 12.4. The molecule has 28 heavy (non-hydrogen) atoms. The summed E-state index contributed by atoms with van der Waals surface area (Å²) < 4.78 is 2.00. The largest absolute Gasteiger partial charge is 0.353 e. The number of para-hydroxylation sites is 1. The van der Waals surface area contributed by atoms with Gasteiger partial charge in [-0.25, -0.2) is 0 Å². The number of benzene rings is 1. The lowest BCUT2D eigenvalue weighted by Gasteiger charge is -2.14. The molecule has 3 rings (SSSR count). The van der Waals surface area contributed by atoms with Crippen molar-refractivity contribution in [1.82, 2.24) is 25.1 Å². The van der Waals surface area contributed by atoms with Crippen LogP contribution in [0.4, 0.5) is 0 Å². The molecule has 0 spiro atoms. The molecule has 3 aromatic rings. The van der Waals surface area contributed by atoms with Gasteiger partial charge >= 0.3 is 0 Å². The van der Waals surface area contributed by atoms with Gasteiger partial charge in [0.2, 0.25) is 5.91 Å². The van der Waals surface area contributed by atoms with Gasteiger partial charge in [-0.15, -0.1) is 10.2 Å². The van der Waals surface area contributed by atoms with Crippen molar-refractivity contribution in [3.63, 3.8) is 0 Å². The SMILES string of the molecule is CCc1ccccc1-n1c(SCC(=O)N[C@H](C)CC)nnc1-c1ccccn1. The van der Waals surface area contributed by atoms with Gasteiger partial charge in [-0.3, -0.25) is 14.3 Å². The molecule has 7 heteroatoms. The molecule has 2 heterocycles. The monoisotopic (exact) mass is 395 g/mol. The molecule has 1 aromatic carbocycles. The van der Waals surface area contributed by atoms with Crippen molar-refractivity contribution in [1.29, 1.82) is 0 Å². The highest BCUT2D eigenvalue weighted by Gasteiger charge is 2.19. The van der Waals surface area contributed by atoms with E-state index in [0.29, 0.717) is 16.7 Å². The Labute approximate surface area is 169 Å². The summed E-state index contributed by atoms with van der Waals surface area (Å²) in [5.74, 6) is 0.960. The molecule has 2 aromatic heterocycles. The van der Waals surface area contributed by atoms with Crippen LogP contribution in [0.25, 0.3) is 17.2 Å². The molecule has 6 nitrogen and oxygen atoms in total. The minimum atomic E-state index is -0.00272. The molecule has 0 aliphatic rings. The van der Waals surface area contributed by atoms with Gasteiger partial charge in [0, 0.05) is 12.2 Å². The Morgan fingerprint density at radius 3 is 2.64 bits per heavy atom. The van der Waals surface area contributed by atoms with Gasteiger partial charge in [-0.2, -0.15) is 0 Å². The average molecular weight is 396 g/mol. The van der Waals surface area contributed by atoms with E-state index in [4.69, 9.17) is 0 Å². The lowest BCUT2D eigenvalue weighted by atomic mass is 10.1. The van der Waals surface area contributed by atoms with Crippen LogP contribution in [0.3, 0.4) is 0 Å². The van der Waals surface area contributed by atoms with E-state index < -0.39 is 0 Å². The van der Waals surface area contributed by atoms with Crippen molar-refractivity contribution in [3.8, 4) is 17.2 Å². The summed E-state index contributed by atoms with van der Waals surface area (Å²) in [6.45, 7) is 6.17. The zero-order valence-corrected chi connectivity index (χ0v) is 17.2. The molecule has 0 aliphatic carbocycles. The molecule has 1 N–H and O–H groups in total. The molecule has 146 valence electrons. The number of thioether (sulfide) groups is 1. The number of aryl methyl sites for hydroxylation is 1. The molecular formula is C21H25N5OS. The van der Waals surface area contributed by atoms with E-state index in [0.717, 1.165) is 24.2 Å². The third kappa shape index (κ3) is 4.59. The molecule has 0 aliphatic heterocycles. The zero-order chi connectivity index (χ0) is 19.9. The summed E-state index contributed by atoms with van der Waals surface area (Å²) in [5.41, 5.74) is 2.95. The Morgan fingerprint density at radius 2 is 1.93 bits per heavy atom.